The third kappa shape index (κ3) is 5.75. The minimum absolute atomic E-state index is 0.337. The lowest BCUT2D eigenvalue weighted by molar-refractivity contribution is -0.137. The summed E-state index contributed by atoms with van der Waals surface area (Å²) < 4.78 is 43.2. The van der Waals surface area contributed by atoms with Crippen LogP contribution in [-0.2, 0) is 12.6 Å². The Labute approximate surface area is 172 Å². The first-order valence-corrected chi connectivity index (χ1v) is 9.75. The van der Waals surface area contributed by atoms with Crippen molar-refractivity contribution in [2.24, 2.45) is 11.7 Å². The highest BCUT2D eigenvalue weighted by Gasteiger charge is 2.30. The molecule has 0 unspecified atom stereocenters. The number of hydrogen-bond acceptors (Lipinski definition) is 3. The van der Waals surface area contributed by atoms with E-state index in [1.165, 1.54) is 36.4 Å². The van der Waals surface area contributed by atoms with Gasteiger partial charge >= 0.3 is 12.3 Å². The van der Waals surface area contributed by atoms with Gasteiger partial charge in [-0.25, -0.2) is 4.79 Å². The van der Waals surface area contributed by atoms with Gasteiger partial charge in [0.15, 0.2) is 0 Å². The molecule has 2 aromatic rings. The number of rotatable bonds is 5. The SMILES string of the molecule is NC(=O)c1ccc(OC(=O)N2CCC(CCc3ccc(C(F)(F)F)cc3)CC2)cc1. The number of carbonyl (C=O) groups is 2. The van der Waals surface area contributed by atoms with Crippen LogP contribution in [-0.4, -0.2) is 30.0 Å². The number of hydrogen-bond donors (Lipinski definition) is 1. The van der Waals surface area contributed by atoms with Crippen LogP contribution in [0.3, 0.4) is 0 Å². The molecule has 5 nitrogen and oxygen atoms in total. The van der Waals surface area contributed by atoms with Crippen molar-refractivity contribution in [3.05, 3.63) is 65.2 Å². The minimum Gasteiger partial charge on any atom is -0.410 e. The summed E-state index contributed by atoms with van der Waals surface area (Å²) in [7, 11) is 0. The first-order valence-electron chi connectivity index (χ1n) is 9.75. The third-order valence-corrected chi connectivity index (χ3v) is 5.34. The predicted molar refractivity (Wildman–Crippen MR) is 105 cm³/mol. The van der Waals surface area contributed by atoms with Crippen LogP contribution < -0.4 is 10.5 Å². The smallest absolute Gasteiger partial charge is 0.410 e. The van der Waals surface area contributed by atoms with Gasteiger partial charge in [0.25, 0.3) is 0 Å². The van der Waals surface area contributed by atoms with Crippen LogP contribution >= 0.6 is 0 Å². The molecule has 1 saturated heterocycles. The Morgan fingerprint density at radius 3 is 2.13 bits per heavy atom. The zero-order valence-electron chi connectivity index (χ0n) is 16.3. The second-order valence-electron chi connectivity index (χ2n) is 7.42. The zero-order valence-corrected chi connectivity index (χ0v) is 16.3. The maximum atomic E-state index is 12.6. The molecule has 2 N–H and O–H groups in total. The summed E-state index contributed by atoms with van der Waals surface area (Å²) in [6, 6.07) is 11.3. The van der Waals surface area contributed by atoms with E-state index in [1.54, 1.807) is 4.90 Å². The highest BCUT2D eigenvalue weighted by molar-refractivity contribution is 5.92. The standard InChI is InChI=1S/C22H23F3N2O3/c23-22(24,25)18-7-3-15(4-8-18)1-2-16-11-13-27(14-12-16)21(29)30-19-9-5-17(6-10-19)20(26)28/h3-10,16H,1-2,11-14H2,(H2,26,28). The predicted octanol–water partition coefficient (Wildman–Crippen LogP) is 4.65. The molecule has 0 aromatic heterocycles. The van der Waals surface area contributed by atoms with Crippen molar-refractivity contribution in [3.63, 3.8) is 0 Å². The molecular formula is C22H23F3N2O3. The van der Waals surface area contributed by atoms with Crippen LogP contribution in [0.5, 0.6) is 5.75 Å². The van der Waals surface area contributed by atoms with E-state index in [9.17, 15) is 22.8 Å². The number of alkyl halides is 3. The largest absolute Gasteiger partial charge is 0.416 e. The number of halogens is 3. The minimum atomic E-state index is -4.32. The second-order valence-corrected chi connectivity index (χ2v) is 7.42. The number of benzene rings is 2. The van der Waals surface area contributed by atoms with Gasteiger partial charge in [-0.1, -0.05) is 12.1 Å². The average molecular weight is 420 g/mol. The number of ether oxygens (including phenoxy) is 1. The molecule has 1 aliphatic rings. The second kappa shape index (κ2) is 9.19. The zero-order chi connectivity index (χ0) is 21.7. The number of aryl methyl sites for hydroxylation is 1. The van der Waals surface area contributed by atoms with Gasteiger partial charge in [0.1, 0.15) is 5.75 Å². The number of carbonyl (C=O) groups excluding carboxylic acids is 2. The first kappa shape index (κ1) is 21.7. The molecule has 0 saturated carbocycles. The normalized spacial score (nSPS) is 15.1. The molecule has 0 aliphatic carbocycles. The molecule has 3 rings (SSSR count). The monoisotopic (exact) mass is 420 g/mol. The van der Waals surface area contributed by atoms with Gasteiger partial charge < -0.3 is 15.4 Å². The maximum Gasteiger partial charge on any atom is 0.416 e. The molecule has 0 radical (unpaired) electrons. The number of primary amides is 1. The van der Waals surface area contributed by atoms with Gasteiger partial charge in [0.2, 0.25) is 5.91 Å². The van der Waals surface area contributed by atoms with Crippen LogP contribution in [0.15, 0.2) is 48.5 Å². The topological polar surface area (TPSA) is 72.6 Å². The summed E-state index contributed by atoms with van der Waals surface area (Å²) in [5.74, 6) is 0.201. The molecule has 1 heterocycles. The van der Waals surface area contributed by atoms with Crippen molar-refractivity contribution in [2.75, 3.05) is 13.1 Å². The Morgan fingerprint density at radius 1 is 1.00 bits per heavy atom. The molecule has 0 bridgehead atoms. The van der Waals surface area contributed by atoms with E-state index in [0.717, 1.165) is 37.0 Å². The van der Waals surface area contributed by atoms with Crippen LogP contribution in [0, 0.1) is 5.92 Å². The van der Waals surface area contributed by atoms with Crippen molar-refractivity contribution >= 4 is 12.0 Å². The number of amides is 2. The van der Waals surface area contributed by atoms with Crippen LogP contribution in [0.1, 0.15) is 40.7 Å². The number of piperidine rings is 1. The van der Waals surface area contributed by atoms with E-state index in [2.05, 4.69) is 0 Å². The summed E-state index contributed by atoms with van der Waals surface area (Å²) in [5, 5.41) is 0. The van der Waals surface area contributed by atoms with Gasteiger partial charge in [-0.3, -0.25) is 4.79 Å². The Morgan fingerprint density at radius 2 is 1.60 bits per heavy atom. The molecule has 8 heteroatoms. The fourth-order valence-electron chi connectivity index (χ4n) is 3.49. The molecule has 0 atom stereocenters. The van der Waals surface area contributed by atoms with Gasteiger partial charge in [0.05, 0.1) is 5.56 Å². The lowest BCUT2D eigenvalue weighted by Gasteiger charge is -2.31. The highest BCUT2D eigenvalue weighted by atomic mass is 19.4. The number of nitrogens with two attached hydrogens (primary N) is 1. The lowest BCUT2D eigenvalue weighted by atomic mass is 9.90. The van der Waals surface area contributed by atoms with E-state index in [-0.39, 0.29) is 0 Å². The summed E-state index contributed by atoms with van der Waals surface area (Å²) in [4.78, 5) is 25.0. The summed E-state index contributed by atoms with van der Waals surface area (Å²) >= 11 is 0. The Kier molecular flexibility index (Phi) is 6.64. The molecule has 160 valence electrons. The quantitative estimate of drug-likeness (QED) is 0.765. The van der Waals surface area contributed by atoms with E-state index >= 15 is 0 Å². The summed E-state index contributed by atoms with van der Waals surface area (Å²) in [6.45, 7) is 1.13. The Hall–Kier alpha value is -3.03. The molecule has 2 amide bonds. The fourth-order valence-corrected chi connectivity index (χ4v) is 3.49. The van der Waals surface area contributed by atoms with Gasteiger partial charge in [-0.15, -0.1) is 0 Å². The average Bonchev–Trinajstić information content (AvgIpc) is 2.72. The molecule has 1 fully saturated rings. The highest BCUT2D eigenvalue weighted by Crippen LogP contribution is 2.30. The third-order valence-electron chi connectivity index (χ3n) is 5.34. The van der Waals surface area contributed by atoms with Crippen molar-refractivity contribution in [2.45, 2.75) is 31.9 Å². The van der Waals surface area contributed by atoms with E-state index < -0.39 is 23.7 Å². The molecule has 1 aliphatic heterocycles. The van der Waals surface area contributed by atoms with Crippen molar-refractivity contribution in [1.82, 2.24) is 4.90 Å². The van der Waals surface area contributed by atoms with Gasteiger partial charge in [-0.2, -0.15) is 13.2 Å². The lowest BCUT2D eigenvalue weighted by Crippen LogP contribution is -2.40. The van der Waals surface area contributed by atoms with Gasteiger partial charge in [-0.05, 0) is 73.6 Å². The van der Waals surface area contributed by atoms with Gasteiger partial charge in [0, 0.05) is 18.7 Å². The molecule has 30 heavy (non-hydrogen) atoms. The van der Waals surface area contributed by atoms with Crippen molar-refractivity contribution < 1.29 is 27.5 Å². The number of likely N-dealkylation sites (tertiary alicyclic amines) is 1. The molecule has 2 aromatic carbocycles. The summed E-state index contributed by atoms with van der Waals surface area (Å²) in [6.07, 6.45) is -1.55. The fraction of sp³-hybridized carbons (Fsp3) is 0.364. The van der Waals surface area contributed by atoms with E-state index in [0.29, 0.717) is 36.7 Å². The van der Waals surface area contributed by atoms with Crippen molar-refractivity contribution in [1.29, 1.82) is 0 Å². The van der Waals surface area contributed by atoms with Crippen molar-refractivity contribution in [3.8, 4) is 5.75 Å². The first-order chi connectivity index (χ1) is 14.2. The van der Waals surface area contributed by atoms with Crippen LogP contribution in [0.25, 0.3) is 0 Å². The van der Waals surface area contributed by atoms with E-state index in [1.807, 2.05) is 0 Å². The van der Waals surface area contributed by atoms with Crippen LogP contribution in [0.2, 0.25) is 0 Å². The Bertz CT molecular complexity index is 872. The molecule has 0 spiro atoms. The number of nitrogens with zero attached hydrogens (tertiary/aromatic N) is 1. The maximum absolute atomic E-state index is 12.6. The van der Waals surface area contributed by atoms with Crippen LogP contribution in [0.4, 0.5) is 18.0 Å². The summed E-state index contributed by atoms with van der Waals surface area (Å²) in [5.41, 5.74) is 5.76. The molecular weight excluding hydrogens is 397 g/mol. The van der Waals surface area contributed by atoms with E-state index in [4.69, 9.17) is 10.5 Å². The Balaban J connectivity index is 1.43.